The predicted molar refractivity (Wildman–Crippen MR) is 98.1 cm³/mol. The summed E-state index contributed by atoms with van der Waals surface area (Å²) in [6, 6.07) is 9.14. The Hall–Kier alpha value is -2.55. The molecule has 29 heavy (non-hydrogen) atoms. The molecule has 0 radical (unpaired) electrons. The number of aromatic nitrogens is 1. The number of hydrogen-bond donors (Lipinski definition) is 0. The fourth-order valence-electron chi connectivity index (χ4n) is 2.81. The van der Waals surface area contributed by atoms with Crippen LogP contribution >= 0.6 is 11.6 Å². The second kappa shape index (κ2) is 8.06. The van der Waals surface area contributed by atoms with E-state index in [0.717, 1.165) is 24.3 Å². The standard InChI is InChI=1S/C17H14ClF3N4O3S/c18-14-5-6-16(23-15(14)11-22)24-7-9-25(10-8-24)29(26,27)13-3-1-12(2-4-13)28-17(19,20)21/h1-6H,7-10H2. The molecule has 0 N–H and O–H groups in total. The average molecular weight is 447 g/mol. The number of halogens is 4. The van der Waals surface area contributed by atoms with Crippen LogP contribution < -0.4 is 9.64 Å². The van der Waals surface area contributed by atoms with Gasteiger partial charge < -0.3 is 9.64 Å². The number of nitriles is 1. The zero-order chi connectivity index (χ0) is 21.2. The first-order chi connectivity index (χ1) is 13.6. The van der Waals surface area contributed by atoms with Crippen molar-refractivity contribution in [3.8, 4) is 11.8 Å². The van der Waals surface area contributed by atoms with Gasteiger partial charge in [0.25, 0.3) is 0 Å². The Morgan fingerprint density at radius 1 is 1.07 bits per heavy atom. The quantitative estimate of drug-likeness (QED) is 0.717. The summed E-state index contributed by atoms with van der Waals surface area (Å²) in [5, 5.41) is 9.26. The Labute approximate surface area is 169 Å². The predicted octanol–water partition coefficient (Wildman–Crippen LogP) is 3.02. The molecule has 1 aromatic carbocycles. The Morgan fingerprint density at radius 2 is 1.69 bits per heavy atom. The summed E-state index contributed by atoms with van der Waals surface area (Å²) >= 11 is 5.87. The molecule has 1 saturated heterocycles. The molecule has 1 aliphatic heterocycles. The number of nitrogens with zero attached hydrogens (tertiary/aromatic N) is 4. The van der Waals surface area contributed by atoms with E-state index in [1.807, 2.05) is 11.0 Å². The van der Waals surface area contributed by atoms with Crippen LogP contribution in [0.5, 0.6) is 5.75 Å². The molecule has 12 heteroatoms. The Morgan fingerprint density at radius 3 is 2.24 bits per heavy atom. The van der Waals surface area contributed by atoms with E-state index in [0.29, 0.717) is 18.9 Å². The number of piperazine rings is 1. The van der Waals surface area contributed by atoms with Crippen molar-refractivity contribution in [1.29, 1.82) is 5.26 Å². The van der Waals surface area contributed by atoms with Gasteiger partial charge in [-0.2, -0.15) is 9.57 Å². The summed E-state index contributed by atoms with van der Waals surface area (Å²) in [7, 11) is -3.87. The maximum absolute atomic E-state index is 12.7. The van der Waals surface area contributed by atoms with Crippen LogP contribution in [-0.4, -0.2) is 50.2 Å². The Kier molecular flexibility index (Phi) is 5.88. The maximum Gasteiger partial charge on any atom is 0.573 e. The van der Waals surface area contributed by atoms with Crippen molar-refractivity contribution < 1.29 is 26.3 Å². The van der Waals surface area contributed by atoms with Gasteiger partial charge in [-0.15, -0.1) is 13.2 Å². The number of alkyl halides is 3. The Bertz CT molecular complexity index is 1030. The van der Waals surface area contributed by atoms with Gasteiger partial charge in [0.05, 0.1) is 9.92 Å². The molecule has 1 aromatic heterocycles. The fraction of sp³-hybridized carbons (Fsp3) is 0.294. The second-order valence-corrected chi connectivity index (χ2v) is 8.37. The van der Waals surface area contributed by atoms with Crippen LogP contribution in [0.25, 0.3) is 0 Å². The number of hydrogen-bond acceptors (Lipinski definition) is 6. The first-order valence-corrected chi connectivity index (χ1v) is 10.1. The lowest BCUT2D eigenvalue weighted by Crippen LogP contribution is -2.48. The lowest BCUT2D eigenvalue weighted by molar-refractivity contribution is -0.274. The van der Waals surface area contributed by atoms with Gasteiger partial charge in [-0.05, 0) is 36.4 Å². The summed E-state index contributed by atoms with van der Waals surface area (Å²) < 4.78 is 67.2. The first kappa shape index (κ1) is 21.2. The molecule has 0 atom stereocenters. The van der Waals surface area contributed by atoms with Gasteiger partial charge in [-0.1, -0.05) is 11.6 Å². The molecule has 1 aliphatic rings. The van der Waals surface area contributed by atoms with Gasteiger partial charge in [0.1, 0.15) is 17.6 Å². The zero-order valence-corrected chi connectivity index (χ0v) is 16.3. The number of benzene rings is 1. The van der Waals surface area contributed by atoms with Gasteiger partial charge in [-0.3, -0.25) is 0 Å². The molecule has 0 unspecified atom stereocenters. The zero-order valence-electron chi connectivity index (χ0n) is 14.7. The van der Waals surface area contributed by atoms with Crippen LogP contribution in [0.15, 0.2) is 41.3 Å². The van der Waals surface area contributed by atoms with Gasteiger partial charge in [0.2, 0.25) is 10.0 Å². The normalized spacial score (nSPS) is 15.8. The van der Waals surface area contributed by atoms with Crippen LogP contribution in [0.4, 0.5) is 19.0 Å². The summed E-state index contributed by atoms with van der Waals surface area (Å²) in [4.78, 5) is 5.85. The molecule has 7 nitrogen and oxygen atoms in total. The third-order valence-corrected chi connectivity index (χ3v) is 6.41. The van der Waals surface area contributed by atoms with E-state index in [9.17, 15) is 21.6 Å². The number of ether oxygens (including phenoxy) is 1. The first-order valence-electron chi connectivity index (χ1n) is 8.28. The fourth-order valence-corrected chi connectivity index (χ4v) is 4.38. The molecule has 3 rings (SSSR count). The lowest BCUT2D eigenvalue weighted by atomic mass is 10.3. The van der Waals surface area contributed by atoms with Crippen molar-refractivity contribution in [1.82, 2.24) is 9.29 Å². The largest absolute Gasteiger partial charge is 0.573 e. The SMILES string of the molecule is N#Cc1nc(N2CCN(S(=O)(=O)c3ccc(OC(F)(F)F)cc3)CC2)ccc1Cl. The van der Waals surface area contributed by atoms with E-state index in [2.05, 4.69) is 9.72 Å². The summed E-state index contributed by atoms with van der Waals surface area (Å²) in [6.45, 7) is 0.951. The second-order valence-electron chi connectivity index (χ2n) is 6.02. The smallest absolute Gasteiger partial charge is 0.406 e. The van der Waals surface area contributed by atoms with E-state index in [-0.39, 0.29) is 28.7 Å². The van der Waals surface area contributed by atoms with Crippen molar-refractivity contribution >= 4 is 27.4 Å². The molecular weight excluding hydrogens is 433 g/mol. The highest BCUT2D eigenvalue weighted by atomic mass is 35.5. The minimum Gasteiger partial charge on any atom is -0.406 e. The van der Waals surface area contributed by atoms with Crippen LogP contribution in [0.3, 0.4) is 0 Å². The number of pyridine rings is 1. The maximum atomic E-state index is 12.7. The highest BCUT2D eigenvalue weighted by Gasteiger charge is 2.32. The van der Waals surface area contributed by atoms with Gasteiger partial charge in [0, 0.05) is 26.2 Å². The van der Waals surface area contributed by atoms with Crippen LogP contribution in [0, 0.1) is 11.3 Å². The highest BCUT2D eigenvalue weighted by Crippen LogP contribution is 2.26. The number of rotatable bonds is 4. The summed E-state index contributed by atoms with van der Waals surface area (Å²) in [5.41, 5.74) is 0.0837. The molecule has 0 amide bonds. The molecule has 1 fully saturated rings. The van der Waals surface area contributed by atoms with Gasteiger partial charge in [-0.25, -0.2) is 13.4 Å². The minimum absolute atomic E-state index is 0.0837. The van der Waals surface area contributed by atoms with Crippen molar-refractivity contribution in [2.24, 2.45) is 0 Å². The topological polar surface area (TPSA) is 86.5 Å². The average Bonchev–Trinajstić information content (AvgIpc) is 2.67. The summed E-state index contributed by atoms with van der Waals surface area (Å²) in [6.07, 6.45) is -4.85. The van der Waals surface area contributed by atoms with Crippen molar-refractivity contribution in [2.75, 3.05) is 31.1 Å². The molecule has 154 valence electrons. The van der Waals surface area contributed by atoms with Gasteiger partial charge in [0.15, 0.2) is 5.69 Å². The van der Waals surface area contributed by atoms with Crippen LogP contribution in [0.2, 0.25) is 5.02 Å². The van der Waals surface area contributed by atoms with Crippen molar-refractivity contribution in [3.63, 3.8) is 0 Å². The van der Waals surface area contributed by atoms with E-state index < -0.39 is 22.1 Å². The van der Waals surface area contributed by atoms with E-state index in [4.69, 9.17) is 16.9 Å². The molecule has 0 bridgehead atoms. The molecule has 0 aliphatic carbocycles. The molecular formula is C17H14ClF3N4O3S. The highest BCUT2D eigenvalue weighted by molar-refractivity contribution is 7.89. The third-order valence-electron chi connectivity index (χ3n) is 4.19. The van der Waals surface area contributed by atoms with Gasteiger partial charge >= 0.3 is 6.36 Å². The monoisotopic (exact) mass is 446 g/mol. The number of anilines is 1. The Balaban J connectivity index is 1.69. The molecule has 0 saturated carbocycles. The summed E-state index contributed by atoms with van der Waals surface area (Å²) in [5.74, 6) is 0.0139. The van der Waals surface area contributed by atoms with E-state index in [1.54, 1.807) is 12.1 Å². The molecule has 0 spiro atoms. The van der Waals surface area contributed by atoms with Crippen molar-refractivity contribution in [2.45, 2.75) is 11.3 Å². The lowest BCUT2D eigenvalue weighted by Gasteiger charge is -2.34. The van der Waals surface area contributed by atoms with Crippen LogP contribution in [-0.2, 0) is 10.0 Å². The van der Waals surface area contributed by atoms with Crippen LogP contribution in [0.1, 0.15) is 5.69 Å². The van der Waals surface area contributed by atoms with E-state index in [1.165, 1.54) is 4.31 Å². The molecule has 2 aromatic rings. The third kappa shape index (κ3) is 4.90. The molecule has 2 heterocycles. The number of sulfonamides is 1. The minimum atomic E-state index is -4.85. The van der Waals surface area contributed by atoms with Crippen molar-refractivity contribution in [3.05, 3.63) is 47.1 Å². The van der Waals surface area contributed by atoms with E-state index >= 15 is 0 Å².